The van der Waals surface area contributed by atoms with Crippen LogP contribution < -0.4 is 11.1 Å². The molecule has 0 aliphatic rings. The highest BCUT2D eigenvalue weighted by Crippen LogP contribution is 2.21. The lowest BCUT2D eigenvalue weighted by Gasteiger charge is -2.06. The van der Waals surface area contributed by atoms with E-state index in [1.807, 2.05) is 0 Å². The molecule has 0 spiro atoms. The van der Waals surface area contributed by atoms with Crippen LogP contribution in [0.25, 0.3) is 22.0 Å². The van der Waals surface area contributed by atoms with Gasteiger partial charge in [-0.3, -0.25) is 19.5 Å². The number of ether oxygens (including phenoxy) is 1. The number of fused-ring (bicyclic) bond motifs is 1. The fraction of sp³-hybridized carbons (Fsp3) is 0.100. The lowest BCUT2D eigenvalue weighted by atomic mass is 10.1. The maximum atomic E-state index is 12.4. The zero-order valence-electron chi connectivity index (χ0n) is 14.9. The van der Waals surface area contributed by atoms with E-state index in [1.165, 1.54) is 6.07 Å². The van der Waals surface area contributed by atoms with Crippen LogP contribution >= 0.6 is 11.6 Å². The summed E-state index contributed by atoms with van der Waals surface area (Å²) in [4.78, 5) is 36.6. The molecule has 9 heteroatoms. The summed E-state index contributed by atoms with van der Waals surface area (Å²) in [5.41, 5.74) is 0.427. The van der Waals surface area contributed by atoms with Crippen LogP contribution in [0.15, 0.2) is 68.7 Å². The van der Waals surface area contributed by atoms with Crippen LogP contribution in [-0.4, -0.2) is 20.9 Å². The highest BCUT2D eigenvalue weighted by molar-refractivity contribution is 6.30. The molecule has 2 heterocycles. The van der Waals surface area contributed by atoms with Gasteiger partial charge in [0.1, 0.15) is 12.2 Å². The third kappa shape index (κ3) is 3.97. The summed E-state index contributed by atoms with van der Waals surface area (Å²) >= 11 is 5.86. The van der Waals surface area contributed by atoms with Crippen molar-refractivity contribution in [1.82, 2.24) is 14.9 Å². The Morgan fingerprint density at radius 1 is 1.10 bits per heavy atom. The number of halogens is 1. The minimum Gasteiger partial charge on any atom is -0.456 e. The van der Waals surface area contributed by atoms with Crippen LogP contribution in [0.3, 0.4) is 0 Å². The number of aromatic nitrogens is 3. The van der Waals surface area contributed by atoms with Crippen LogP contribution in [0.2, 0.25) is 5.02 Å². The van der Waals surface area contributed by atoms with E-state index in [4.69, 9.17) is 20.9 Å². The van der Waals surface area contributed by atoms with Crippen molar-refractivity contribution in [2.45, 2.75) is 13.2 Å². The Morgan fingerprint density at radius 2 is 1.83 bits per heavy atom. The van der Waals surface area contributed by atoms with E-state index in [9.17, 15) is 14.4 Å². The van der Waals surface area contributed by atoms with Gasteiger partial charge in [-0.05, 0) is 24.3 Å². The highest BCUT2D eigenvalue weighted by atomic mass is 35.5. The van der Waals surface area contributed by atoms with Crippen molar-refractivity contribution in [3.05, 3.63) is 86.1 Å². The van der Waals surface area contributed by atoms with Gasteiger partial charge in [0.25, 0.3) is 11.1 Å². The molecule has 4 aromatic rings. The number of benzene rings is 2. The normalized spacial score (nSPS) is 10.9. The van der Waals surface area contributed by atoms with Crippen LogP contribution in [0.4, 0.5) is 0 Å². The Morgan fingerprint density at radius 3 is 2.59 bits per heavy atom. The molecule has 2 aromatic heterocycles. The number of rotatable bonds is 5. The van der Waals surface area contributed by atoms with E-state index in [-0.39, 0.29) is 17.4 Å². The number of hydrogen-bond donors (Lipinski definition) is 1. The van der Waals surface area contributed by atoms with Gasteiger partial charge >= 0.3 is 5.97 Å². The first-order valence-corrected chi connectivity index (χ1v) is 8.98. The Labute approximate surface area is 168 Å². The van der Waals surface area contributed by atoms with Crippen LogP contribution in [0, 0.1) is 0 Å². The maximum Gasteiger partial charge on any atom is 0.328 e. The molecule has 0 radical (unpaired) electrons. The molecule has 0 aliphatic carbocycles. The summed E-state index contributed by atoms with van der Waals surface area (Å²) in [6.45, 7) is -0.594. The first kappa shape index (κ1) is 18.7. The van der Waals surface area contributed by atoms with Crippen LogP contribution in [0.1, 0.15) is 5.76 Å². The SMILES string of the molecule is O=C(Cn1[nH]c(=O)c2ccccc2c1=O)OCc1cc(-c2ccc(Cl)cc2)no1. The first-order chi connectivity index (χ1) is 14.0. The molecule has 0 fully saturated rings. The quantitative estimate of drug-likeness (QED) is 0.506. The number of esters is 1. The van der Waals surface area contributed by atoms with E-state index in [0.29, 0.717) is 16.5 Å². The van der Waals surface area contributed by atoms with E-state index < -0.39 is 23.6 Å². The standard InChI is InChI=1S/C20H14ClN3O5/c21-13-7-5-12(6-8-13)17-9-14(29-23-17)11-28-18(25)10-24-20(27)16-4-2-1-3-15(16)19(26)22-24/h1-9H,10-11H2,(H,22,26). The summed E-state index contributed by atoms with van der Waals surface area (Å²) in [6, 6.07) is 15.1. The number of nitrogens with one attached hydrogen (secondary N) is 1. The molecule has 0 bridgehead atoms. The van der Waals surface area contributed by atoms with Crippen LogP contribution in [0.5, 0.6) is 0 Å². The minimum absolute atomic E-state index is 0.161. The fourth-order valence-electron chi connectivity index (χ4n) is 2.82. The smallest absolute Gasteiger partial charge is 0.328 e. The van der Waals surface area contributed by atoms with Gasteiger partial charge in [-0.15, -0.1) is 0 Å². The van der Waals surface area contributed by atoms with E-state index in [1.54, 1.807) is 48.5 Å². The zero-order chi connectivity index (χ0) is 20.4. The number of aromatic amines is 1. The minimum atomic E-state index is -0.706. The van der Waals surface area contributed by atoms with Gasteiger partial charge in [0.05, 0.1) is 10.8 Å². The molecule has 2 aromatic carbocycles. The molecule has 0 unspecified atom stereocenters. The van der Waals surface area contributed by atoms with Crippen molar-refractivity contribution >= 4 is 28.3 Å². The third-order valence-corrected chi connectivity index (χ3v) is 4.50. The molecular weight excluding hydrogens is 398 g/mol. The molecule has 0 saturated heterocycles. The van der Waals surface area contributed by atoms with Gasteiger partial charge in [0, 0.05) is 16.7 Å². The van der Waals surface area contributed by atoms with Gasteiger partial charge in [0.2, 0.25) is 0 Å². The van der Waals surface area contributed by atoms with Gasteiger partial charge in [-0.1, -0.05) is 41.0 Å². The third-order valence-electron chi connectivity index (χ3n) is 4.25. The molecule has 0 aliphatic heterocycles. The molecule has 8 nitrogen and oxygen atoms in total. The Balaban J connectivity index is 1.44. The van der Waals surface area contributed by atoms with Crippen molar-refractivity contribution in [3.63, 3.8) is 0 Å². The number of H-pyrrole nitrogens is 1. The maximum absolute atomic E-state index is 12.4. The van der Waals surface area contributed by atoms with E-state index in [0.717, 1.165) is 10.2 Å². The fourth-order valence-corrected chi connectivity index (χ4v) is 2.95. The summed E-state index contributed by atoms with van der Waals surface area (Å²) in [7, 11) is 0. The lowest BCUT2D eigenvalue weighted by Crippen LogP contribution is -2.32. The van der Waals surface area contributed by atoms with Crippen LogP contribution in [-0.2, 0) is 22.7 Å². The Bertz CT molecular complexity index is 1300. The summed E-state index contributed by atoms with van der Waals surface area (Å²) in [5, 5.41) is 7.40. The van der Waals surface area contributed by atoms with Gasteiger partial charge in [-0.25, -0.2) is 4.68 Å². The van der Waals surface area contributed by atoms with Gasteiger partial charge in [0.15, 0.2) is 12.4 Å². The molecular formula is C20H14ClN3O5. The van der Waals surface area contributed by atoms with Crippen molar-refractivity contribution in [2.24, 2.45) is 0 Å². The number of carbonyl (C=O) groups is 1. The van der Waals surface area contributed by atoms with Crippen molar-refractivity contribution in [2.75, 3.05) is 0 Å². The van der Waals surface area contributed by atoms with Crippen molar-refractivity contribution in [3.8, 4) is 11.3 Å². The van der Waals surface area contributed by atoms with Crippen molar-refractivity contribution in [1.29, 1.82) is 0 Å². The zero-order valence-corrected chi connectivity index (χ0v) is 15.7. The Kier molecular flexibility index (Phi) is 5.01. The predicted octanol–water partition coefficient (Wildman–Crippen LogP) is 2.74. The number of hydrogen-bond acceptors (Lipinski definition) is 6. The predicted molar refractivity (Wildman–Crippen MR) is 106 cm³/mol. The molecule has 146 valence electrons. The van der Waals surface area contributed by atoms with Gasteiger partial charge < -0.3 is 9.26 Å². The average molecular weight is 412 g/mol. The molecule has 0 atom stereocenters. The first-order valence-electron chi connectivity index (χ1n) is 8.60. The number of nitrogens with zero attached hydrogens (tertiary/aromatic N) is 2. The molecule has 1 N–H and O–H groups in total. The topological polar surface area (TPSA) is 107 Å². The largest absolute Gasteiger partial charge is 0.456 e. The van der Waals surface area contributed by atoms with Crippen molar-refractivity contribution < 1.29 is 14.1 Å². The molecule has 0 saturated carbocycles. The average Bonchev–Trinajstić information content (AvgIpc) is 3.20. The second-order valence-corrected chi connectivity index (χ2v) is 6.66. The Hall–Kier alpha value is -3.65. The van der Waals surface area contributed by atoms with E-state index >= 15 is 0 Å². The summed E-state index contributed by atoms with van der Waals surface area (Å²) < 4.78 is 11.2. The molecule has 0 amide bonds. The molecule has 4 rings (SSSR count). The molecule has 29 heavy (non-hydrogen) atoms. The second-order valence-electron chi connectivity index (χ2n) is 6.22. The monoisotopic (exact) mass is 411 g/mol. The lowest BCUT2D eigenvalue weighted by molar-refractivity contribution is -0.146. The summed E-state index contributed by atoms with van der Waals surface area (Å²) in [6.07, 6.45) is 0. The van der Waals surface area contributed by atoms with Gasteiger partial charge in [-0.2, -0.15) is 0 Å². The summed E-state index contributed by atoms with van der Waals surface area (Å²) in [5.74, 6) is -0.370. The van der Waals surface area contributed by atoms with E-state index in [2.05, 4.69) is 10.3 Å². The number of carbonyl (C=O) groups excluding carboxylic acids is 1. The highest BCUT2D eigenvalue weighted by Gasteiger charge is 2.13. The second kappa shape index (κ2) is 7.76.